The van der Waals surface area contributed by atoms with Crippen molar-refractivity contribution in [3.05, 3.63) is 17.5 Å². The van der Waals surface area contributed by atoms with E-state index in [2.05, 4.69) is 10.5 Å². The van der Waals surface area contributed by atoms with E-state index in [1.165, 1.54) is 0 Å². The minimum atomic E-state index is -0.537. The number of hydrogen-bond acceptors (Lipinski definition) is 6. The largest absolute Gasteiger partial charge is 0.381 e. The molecule has 0 radical (unpaired) electrons. The van der Waals surface area contributed by atoms with Gasteiger partial charge in [-0.2, -0.15) is 0 Å². The molecule has 1 N–H and O–H groups in total. The first-order valence-electron chi connectivity index (χ1n) is 8.13. The maximum atomic E-state index is 12.4. The zero-order chi connectivity index (χ0) is 17.2. The minimum Gasteiger partial charge on any atom is -0.381 e. The quantitative estimate of drug-likeness (QED) is 0.820. The molecule has 2 aliphatic rings. The Bertz CT molecular complexity index is 617. The number of rotatable bonds is 5. The predicted octanol–water partition coefficient (Wildman–Crippen LogP) is 0.111. The van der Waals surface area contributed by atoms with Crippen molar-refractivity contribution in [2.75, 3.05) is 40.0 Å². The molecule has 2 amide bonds. The molecule has 8 heteroatoms. The number of nitrogens with one attached hydrogen (secondary N) is 1. The molecule has 0 unspecified atom stereocenters. The van der Waals surface area contributed by atoms with E-state index in [4.69, 9.17) is 14.0 Å². The highest BCUT2D eigenvalue weighted by molar-refractivity contribution is 5.86. The van der Waals surface area contributed by atoms with Crippen LogP contribution >= 0.6 is 0 Å². The van der Waals surface area contributed by atoms with Crippen molar-refractivity contribution < 1.29 is 23.6 Å². The normalized spacial score (nSPS) is 26.2. The van der Waals surface area contributed by atoms with Crippen molar-refractivity contribution >= 4 is 11.8 Å². The Hall–Kier alpha value is -1.93. The van der Waals surface area contributed by atoms with Gasteiger partial charge in [0.15, 0.2) is 5.76 Å². The number of fused-ring (bicyclic) bond motifs is 1. The fourth-order valence-electron chi connectivity index (χ4n) is 3.57. The smallest absolute Gasteiger partial charge is 0.248 e. The van der Waals surface area contributed by atoms with E-state index >= 15 is 0 Å². The van der Waals surface area contributed by atoms with Crippen molar-refractivity contribution in [2.24, 2.45) is 11.3 Å². The number of aryl methyl sites for hydroxylation is 1. The van der Waals surface area contributed by atoms with E-state index in [1.807, 2.05) is 6.92 Å². The van der Waals surface area contributed by atoms with Gasteiger partial charge in [-0.3, -0.25) is 9.59 Å². The first-order chi connectivity index (χ1) is 11.5. The van der Waals surface area contributed by atoms with Crippen molar-refractivity contribution in [2.45, 2.75) is 20.0 Å². The highest BCUT2D eigenvalue weighted by Crippen LogP contribution is 2.42. The zero-order valence-electron chi connectivity index (χ0n) is 14.0. The molecule has 1 aromatic heterocycles. The van der Waals surface area contributed by atoms with Crippen LogP contribution in [0, 0.1) is 18.3 Å². The molecule has 132 valence electrons. The monoisotopic (exact) mass is 337 g/mol. The molecule has 8 nitrogen and oxygen atoms in total. The van der Waals surface area contributed by atoms with Crippen molar-refractivity contribution in [1.82, 2.24) is 15.4 Å². The molecular weight excluding hydrogens is 314 g/mol. The molecule has 0 aromatic carbocycles. The summed E-state index contributed by atoms with van der Waals surface area (Å²) in [5.74, 6) is 0.491. The Labute approximate surface area is 140 Å². The topological polar surface area (TPSA) is 93.9 Å². The van der Waals surface area contributed by atoms with Crippen LogP contribution in [0.1, 0.15) is 17.9 Å². The van der Waals surface area contributed by atoms with Crippen LogP contribution in [0.4, 0.5) is 0 Å². The van der Waals surface area contributed by atoms with Crippen molar-refractivity contribution in [3.63, 3.8) is 0 Å². The summed E-state index contributed by atoms with van der Waals surface area (Å²) in [5.41, 5.74) is 0.237. The van der Waals surface area contributed by atoms with Crippen LogP contribution in [0.2, 0.25) is 0 Å². The van der Waals surface area contributed by atoms with Gasteiger partial charge in [0.05, 0.1) is 17.7 Å². The highest BCUT2D eigenvalue weighted by Gasteiger charge is 2.54. The fourth-order valence-corrected chi connectivity index (χ4v) is 3.57. The molecule has 0 aliphatic carbocycles. The second-order valence-corrected chi connectivity index (χ2v) is 6.46. The second-order valence-electron chi connectivity index (χ2n) is 6.46. The minimum absolute atomic E-state index is 0.0100. The average Bonchev–Trinajstić information content (AvgIpc) is 3.18. The molecule has 24 heavy (non-hydrogen) atoms. The number of likely N-dealkylation sites (tertiary alicyclic amines) is 1. The summed E-state index contributed by atoms with van der Waals surface area (Å²) in [7, 11) is 1.64. The van der Waals surface area contributed by atoms with Crippen LogP contribution in [0.15, 0.2) is 10.6 Å². The Morgan fingerprint density at radius 2 is 2.38 bits per heavy atom. The Morgan fingerprint density at radius 1 is 1.54 bits per heavy atom. The Morgan fingerprint density at radius 3 is 3.08 bits per heavy atom. The van der Waals surface area contributed by atoms with Gasteiger partial charge >= 0.3 is 0 Å². The maximum Gasteiger partial charge on any atom is 0.248 e. The molecule has 2 fully saturated rings. The van der Waals surface area contributed by atoms with Gasteiger partial charge in [0, 0.05) is 38.7 Å². The lowest BCUT2D eigenvalue weighted by molar-refractivity contribution is -0.140. The van der Waals surface area contributed by atoms with Crippen LogP contribution in [-0.4, -0.2) is 61.8 Å². The van der Waals surface area contributed by atoms with Crippen molar-refractivity contribution in [1.29, 1.82) is 0 Å². The number of aromatic nitrogens is 1. The molecule has 3 heterocycles. The molecule has 2 saturated heterocycles. The first-order valence-corrected chi connectivity index (χ1v) is 8.13. The van der Waals surface area contributed by atoms with E-state index in [1.54, 1.807) is 18.0 Å². The van der Waals surface area contributed by atoms with E-state index < -0.39 is 5.41 Å². The fraction of sp³-hybridized carbons (Fsp3) is 0.688. The van der Waals surface area contributed by atoms with Gasteiger partial charge < -0.3 is 24.2 Å². The summed E-state index contributed by atoms with van der Waals surface area (Å²) in [5, 5.41) is 6.51. The molecule has 0 spiro atoms. The van der Waals surface area contributed by atoms with Crippen LogP contribution in [0.3, 0.4) is 0 Å². The lowest BCUT2D eigenvalue weighted by Gasteiger charge is -2.36. The van der Waals surface area contributed by atoms with Crippen LogP contribution in [0.5, 0.6) is 0 Å². The first kappa shape index (κ1) is 16.9. The Balaban J connectivity index is 1.57. The predicted molar refractivity (Wildman–Crippen MR) is 82.9 cm³/mol. The van der Waals surface area contributed by atoms with Gasteiger partial charge in [-0.15, -0.1) is 0 Å². The third-order valence-electron chi connectivity index (χ3n) is 4.89. The van der Waals surface area contributed by atoms with E-state index in [9.17, 15) is 9.59 Å². The summed E-state index contributed by atoms with van der Waals surface area (Å²) < 4.78 is 16.0. The number of hydrogen-bond donors (Lipinski definition) is 1. The number of carbonyl (C=O) groups is 2. The molecule has 3 rings (SSSR count). The Kier molecular flexibility index (Phi) is 4.86. The van der Waals surface area contributed by atoms with Gasteiger partial charge in [-0.1, -0.05) is 5.16 Å². The summed E-state index contributed by atoms with van der Waals surface area (Å²) >= 11 is 0. The van der Waals surface area contributed by atoms with Gasteiger partial charge in [-0.25, -0.2) is 0 Å². The highest BCUT2D eigenvalue weighted by atomic mass is 16.5. The molecule has 2 aliphatic heterocycles. The molecule has 0 bridgehead atoms. The number of ether oxygens (including phenoxy) is 2. The second kappa shape index (κ2) is 6.90. The standard InChI is InChI=1S/C16H23N3O5/c1-11-5-13(24-18-11)8-23-9-14(20)19-6-12-7-22-4-3-16(12,10-19)15(21)17-2/h5,12H,3-4,6-10H2,1-2H3,(H,17,21)/t12-,16+/m1/s1. The maximum absolute atomic E-state index is 12.4. The molecular formula is C16H23N3O5. The van der Waals surface area contributed by atoms with E-state index in [-0.39, 0.29) is 30.9 Å². The third-order valence-corrected chi connectivity index (χ3v) is 4.89. The van der Waals surface area contributed by atoms with Crippen LogP contribution < -0.4 is 5.32 Å². The number of carbonyl (C=O) groups excluding carboxylic acids is 2. The van der Waals surface area contributed by atoms with Gasteiger partial charge in [0.2, 0.25) is 11.8 Å². The number of nitrogens with zero attached hydrogens (tertiary/aromatic N) is 2. The molecule has 2 atom stereocenters. The molecule has 1 aromatic rings. The summed E-state index contributed by atoms with van der Waals surface area (Å²) in [6, 6.07) is 1.77. The zero-order valence-corrected chi connectivity index (χ0v) is 14.0. The van der Waals surface area contributed by atoms with Crippen LogP contribution in [-0.2, 0) is 25.7 Å². The summed E-state index contributed by atoms with van der Waals surface area (Å²) in [6.45, 7) is 3.99. The van der Waals surface area contributed by atoms with Gasteiger partial charge in [-0.05, 0) is 13.3 Å². The lowest BCUT2D eigenvalue weighted by Crippen LogP contribution is -2.49. The van der Waals surface area contributed by atoms with E-state index in [0.717, 1.165) is 5.69 Å². The van der Waals surface area contributed by atoms with Crippen molar-refractivity contribution in [3.8, 4) is 0 Å². The lowest BCUT2D eigenvalue weighted by atomic mass is 9.73. The van der Waals surface area contributed by atoms with Crippen LogP contribution in [0.25, 0.3) is 0 Å². The van der Waals surface area contributed by atoms with E-state index in [0.29, 0.717) is 38.5 Å². The average molecular weight is 337 g/mol. The molecule has 0 saturated carbocycles. The van der Waals surface area contributed by atoms with Gasteiger partial charge in [0.1, 0.15) is 13.2 Å². The SMILES string of the molecule is CNC(=O)[C@]12CCOC[C@H]1CN(C(=O)COCc1cc(C)no1)C2. The summed E-state index contributed by atoms with van der Waals surface area (Å²) in [4.78, 5) is 26.5. The van der Waals surface area contributed by atoms with Gasteiger partial charge in [0.25, 0.3) is 0 Å². The third kappa shape index (κ3) is 3.16. The summed E-state index contributed by atoms with van der Waals surface area (Å²) in [6.07, 6.45) is 0.638. The number of amides is 2.